The van der Waals surface area contributed by atoms with Crippen LogP contribution in [0.4, 0.5) is 0 Å². The van der Waals surface area contributed by atoms with E-state index in [4.69, 9.17) is 0 Å². The normalized spacial score (nSPS) is 28.3. The highest BCUT2D eigenvalue weighted by molar-refractivity contribution is 5.76. The van der Waals surface area contributed by atoms with Crippen LogP contribution in [0.15, 0.2) is 36.4 Å². The minimum Gasteiger partial charge on any atom is -0.395 e. The second-order valence-corrected chi connectivity index (χ2v) is 5.69. The van der Waals surface area contributed by atoms with Gasteiger partial charge in [0.25, 0.3) is 0 Å². The summed E-state index contributed by atoms with van der Waals surface area (Å²) in [6.45, 7) is 0.150. The Labute approximate surface area is 136 Å². The molecule has 0 radical (unpaired) electrons. The third-order valence-corrected chi connectivity index (χ3v) is 4.28. The summed E-state index contributed by atoms with van der Waals surface area (Å²) in [4.78, 5) is 13.4. The lowest BCUT2D eigenvalue weighted by atomic mass is 10.1. The zero-order chi connectivity index (χ0) is 16.8. The van der Waals surface area contributed by atoms with Gasteiger partial charge in [0.2, 0.25) is 5.91 Å². The van der Waals surface area contributed by atoms with E-state index in [-0.39, 0.29) is 18.9 Å². The van der Waals surface area contributed by atoms with Gasteiger partial charge >= 0.3 is 0 Å². The Morgan fingerprint density at radius 1 is 1.22 bits per heavy atom. The molecule has 4 atom stereocenters. The van der Waals surface area contributed by atoms with Crippen molar-refractivity contribution in [3.8, 4) is 0 Å². The van der Waals surface area contributed by atoms with Gasteiger partial charge in [-0.2, -0.15) is 0 Å². The number of rotatable bonds is 6. The molecule has 1 aromatic rings. The average Bonchev–Trinajstić information content (AvgIpc) is 2.80. The fourth-order valence-electron chi connectivity index (χ4n) is 2.98. The molecule has 0 bridgehead atoms. The quantitative estimate of drug-likeness (QED) is 0.572. The lowest BCUT2D eigenvalue weighted by molar-refractivity contribution is -0.122. The van der Waals surface area contributed by atoms with Crippen LogP contribution in [0.25, 0.3) is 6.08 Å². The molecule has 1 amide bonds. The van der Waals surface area contributed by atoms with E-state index in [1.807, 2.05) is 42.5 Å². The first-order valence-corrected chi connectivity index (χ1v) is 7.73. The van der Waals surface area contributed by atoms with Crippen LogP contribution in [0.3, 0.4) is 0 Å². The number of hydrogen-bond donors (Lipinski definition) is 4. The molecular formula is C17H24N2O4. The van der Waals surface area contributed by atoms with E-state index in [2.05, 4.69) is 5.32 Å². The van der Waals surface area contributed by atoms with E-state index >= 15 is 0 Å². The van der Waals surface area contributed by atoms with Crippen molar-refractivity contribution in [2.75, 3.05) is 20.2 Å². The van der Waals surface area contributed by atoms with Gasteiger partial charge < -0.3 is 20.6 Å². The highest BCUT2D eigenvalue weighted by Crippen LogP contribution is 2.27. The molecule has 0 saturated carbocycles. The van der Waals surface area contributed by atoms with Crippen molar-refractivity contribution in [1.82, 2.24) is 10.2 Å². The molecule has 1 aliphatic rings. The van der Waals surface area contributed by atoms with Gasteiger partial charge in [-0.05, 0) is 5.56 Å². The molecule has 0 aromatic heterocycles. The number of benzene rings is 1. The zero-order valence-corrected chi connectivity index (χ0v) is 13.2. The molecule has 4 unspecified atom stereocenters. The Bertz CT molecular complexity index is 535. The second-order valence-electron chi connectivity index (χ2n) is 5.69. The van der Waals surface area contributed by atoms with E-state index in [9.17, 15) is 20.1 Å². The summed E-state index contributed by atoms with van der Waals surface area (Å²) in [5.74, 6) is -0.211. The summed E-state index contributed by atoms with van der Waals surface area (Å²) in [5.41, 5.74) is 1.04. The lowest BCUT2D eigenvalue weighted by Crippen LogP contribution is -2.43. The maximum Gasteiger partial charge on any atom is 0.221 e. The third-order valence-electron chi connectivity index (χ3n) is 4.28. The highest BCUT2D eigenvalue weighted by atomic mass is 16.3. The SMILES string of the molecule is CNC(=O)CC1C(O)C(O)C(CO)N1CC=Cc1ccccc1. The van der Waals surface area contributed by atoms with Gasteiger partial charge in [-0.25, -0.2) is 0 Å². The molecule has 23 heavy (non-hydrogen) atoms. The number of aliphatic hydroxyl groups excluding tert-OH is 3. The van der Waals surface area contributed by atoms with Crippen LogP contribution in [0.1, 0.15) is 12.0 Å². The Hall–Kier alpha value is -1.73. The number of aliphatic hydroxyl groups is 3. The third kappa shape index (κ3) is 4.17. The van der Waals surface area contributed by atoms with Crippen LogP contribution in [0, 0.1) is 0 Å². The summed E-state index contributed by atoms with van der Waals surface area (Å²) >= 11 is 0. The molecule has 4 N–H and O–H groups in total. The summed E-state index contributed by atoms with van der Waals surface area (Å²) in [6, 6.07) is 8.64. The van der Waals surface area contributed by atoms with E-state index in [1.165, 1.54) is 7.05 Å². The Kier molecular flexibility index (Phi) is 6.29. The molecule has 1 heterocycles. The number of nitrogens with one attached hydrogen (secondary N) is 1. The van der Waals surface area contributed by atoms with Gasteiger partial charge in [-0.3, -0.25) is 9.69 Å². The summed E-state index contributed by atoms with van der Waals surface area (Å²) in [7, 11) is 1.53. The largest absolute Gasteiger partial charge is 0.395 e. The van der Waals surface area contributed by atoms with Crippen LogP contribution in [0.5, 0.6) is 0 Å². The van der Waals surface area contributed by atoms with Crippen LogP contribution < -0.4 is 5.32 Å². The summed E-state index contributed by atoms with van der Waals surface area (Å²) in [6.07, 6.45) is 1.78. The van der Waals surface area contributed by atoms with Crippen molar-refractivity contribution >= 4 is 12.0 Å². The van der Waals surface area contributed by atoms with Crippen molar-refractivity contribution in [3.05, 3.63) is 42.0 Å². The van der Waals surface area contributed by atoms with E-state index in [0.29, 0.717) is 6.54 Å². The standard InChI is InChI=1S/C17H24N2O4/c1-18-15(21)10-13-16(22)17(23)14(11-20)19(13)9-5-8-12-6-3-2-4-7-12/h2-8,13-14,16-17,20,22-23H,9-11H2,1H3,(H,18,21). The maximum absolute atomic E-state index is 11.6. The fourth-order valence-corrected chi connectivity index (χ4v) is 2.98. The molecule has 0 spiro atoms. The molecule has 6 nitrogen and oxygen atoms in total. The Morgan fingerprint density at radius 2 is 1.87 bits per heavy atom. The molecule has 6 heteroatoms. The van der Waals surface area contributed by atoms with Gasteiger partial charge in [0.1, 0.15) is 0 Å². The first kappa shape index (κ1) is 17.6. The van der Waals surface area contributed by atoms with Crippen LogP contribution in [-0.4, -0.2) is 70.6 Å². The molecule has 1 aliphatic heterocycles. The topological polar surface area (TPSA) is 93.0 Å². The Balaban J connectivity index is 2.10. The fraction of sp³-hybridized carbons (Fsp3) is 0.471. The van der Waals surface area contributed by atoms with Gasteiger partial charge in [0.15, 0.2) is 0 Å². The van der Waals surface area contributed by atoms with Gasteiger partial charge in [-0.15, -0.1) is 0 Å². The van der Waals surface area contributed by atoms with E-state index in [0.717, 1.165) is 5.56 Å². The molecule has 0 aliphatic carbocycles. The first-order valence-electron chi connectivity index (χ1n) is 7.73. The maximum atomic E-state index is 11.6. The van der Waals surface area contributed by atoms with E-state index in [1.54, 1.807) is 4.90 Å². The molecule has 126 valence electrons. The predicted molar refractivity (Wildman–Crippen MR) is 87.5 cm³/mol. The van der Waals surface area contributed by atoms with E-state index < -0.39 is 24.3 Å². The summed E-state index contributed by atoms with van der Waals surface area (Å²) in [5, 5.41) is 32.3. The molecule has 1 aromatic carbocycles. The zero-order valence-electron chi connectivity index (χ0n) is 13.2. The number of hydrogen-bond acceptors (Lipinski definition) is 5. The number of likely N-dealkylation sites (tertiary alicyclic amines) is 1. The van der Waals surface area contributed by atoms with Crippen molar-refractivity contribution in [3.63, 3.8) is 0 Å². The minimum atomic E-state index is -1.07. The number of amides is 1. The Morgan fingerprint density at radius 3 is 2.48 bits per heavy atom. The van der Waals surface area contributed by atoms with Crippen LogP contribution >= 0.6 is 0 Å². The number of nitrogens with zero attached hydrogens (tertiary/aromatic N) is 1. The van der Waals surface area contributed by atoms with Crippen LogP contribution in [0.2, 0.25) is 0 Å². The van der Waals surface area contributed by atoms with Crippen molar-refractivity contribution in [1.29, 1.82) is 0 Å². The number of carbonyl (C=O) groups is 1. The van der Waals surface area contributed by atoms with Gasteiger partial charge in [0, 0.05) is 26.1 Å². The number of carbonyl (C=O) groups excluding carboxylic acids is 1. The van der Waals surface area contributed by atoms with Crippen molar-refractivity contribution < 1.29 is 20.1 Å². The lowest BCUT2D eigenvalue weighted by Gasteiger charge is -2.28. The molecular weight excluding hydrogens is 296 g/mol. The smallest absolute Gasteiger partial charge is 0.221 e. The molecule has 1 saturated heterocycles. The minimum absolute atomic E-state index is 0.0738. The predicted octanol–water partition coefficient (Wildman–Crippen LogP) is -0.397. The van der Waals surface area contributed by atoms with Gasteiger partial charge in [-0.1, -0.05) is 42.5 Å². The monoisotopic (exact) mass is 320 g/mol. The van der Waals surface area contributed by atoms with Crippen molar-refractivity contribution in [2.24, 2.45) is 0 Å². The molecule has 1 fully saturated rings. The van der Waals surface area contributed by atoms with Crippen LogP contribution in [-0.2, 0) is 4.79 Å². The molecule has 2 rings (SSSR count). The first-order chi connectivity index (χ1) is 11.1. The highest BCUT2D eigenvalue weighted by Gasteiger charge is 2.47. The second kappa shape index (κ2) is 8.21. The van der Waals surface area contributed by atoms with Gasteiger partial charge in [0.05, 0.1) is 24.9 Å². The average molecular weight is 320 g/mol. The summed E-state index contributed by atoms with van der Waals surface area (Å²) < 4.78 is 0. The van der Waals surface area contributed by atoms with Crippen molar-refractivity contribution in [2.45, 2.75) is 30.7 Å².